The Bertz CT molecular complexity index is 629. The summed E-state index contributed by atoms with van der Waals surface area (Å²) in [6.07, 6.45) is -0.427. The highest BCUT2D eigenvalue weighted by atomic mass is 19.1. The van der Waals surface area contributed by atoms with E-state index in [-0.39, 0.29) is 18.0 Å². The van der Waals surface area contributed by atoms with E-state index in [9.17, 15) is 4.39 Å². The average Bonchev–Trinajstić information content (AvgIpc) is 2.62. The zero-order chi connectivity index (χ0) is 16.1. The minimum Gasteiger partial charge on any atom is -0.493 e. The predicted octanol–water partition coefficient (Wildman–Crippen LogP) is 2.94. The highest BCUT2D eigenvalue weighted by molar-refractivity contribution is 5.40. The Balaban J connectivity index is 1.89. The van der Waals surface area contributed by atoms with Crippen molar-refractivity contribution in [2.24, 2.45) is 0 Å². The van der Waals surface area contributed by atoms with Crippen LogP contribution in [0.5, 0.6) is 11.5 Å². The molecule has 1 saturated heterocycles. The van der Waals surface area contributed by atoms with Crippen molar-refractivity contribution in [2.45, 2.75) is 12.2 Å². The van der Waals surface area contributed by atoms with E-state index < -0.39 is 0 Å². The summed E-state index contributed by atoms with van der Waals surface area (Å²) in [5.74, 6) is 0.507. The zero-order valence-electron chi connectivity index (χ0n) is 13.0. The molecule has 4 nitrogen and oxygen atoms in total. The van der Waals surface area contributed by atoms with E-state index >= 15 is 0 Å². The van der Waals surface area contributed by atoms with Crippen LogP contribution in [-0.4, -0.2) is 32.9 Å². The summed E-state index contributed by atoms with van der Waals surface area (Å²) in [5.41, 5.74) is 1.01. The third-order valence-corrected chi connectivity index (χ3v) is 3.80. The summed E-state index contributed by atoms with van der Waals surface area (Å²) in [6.45, 7) is 2.17. The van der Waals surface area contributed by atoms with Crippen LogP contribution in [0, 0.1) is 5.82 Å². The van der Waals surface area contributed by atoms with Crippen LogP contribution in [0.15, 0.2) is 48.5 Å². The summed E-state index contributed by atoms with van der Waals surface area (Å²) in [7, 11) is 1.50. The van der Waals surface area contributed by atoms with Crippen molar-refractivity contribution < 1.29 is 18.6 Å². The topological polar surface area (TPSA) is 39.7 Å². The van der Waals surface area contributed by atoms with Gasteiger partial charge in [0.2, 0.25) is 0 Å². The number of hydrogen-bond acceptors (Lipinski definition) is 4. The first-order valence-electron chi connectivity index (χ1n) is 7.65. The number of rotatable bonds is 5. The van der Waals surface area contributed by atoms with Gasteiger partial charge in [-0.3, -0.25) is 0 Å². The number of methoxy groups -OCH3 is 1. The minimum atomic E-state index is -0.360. The van der Waals surface area contributed by atoms with E-state index in [1.807, 2.05) is 30.3 Å². The standard InChI is InChI=1S/C18H20FNO3/c1-21-16-11-14(19)7-8-15(16)23-18(13-5-3-2-4-6-13)17-12-20-9-10-22-17/h2-8,11,17-18,20H,9-10,12H2,1H3/t17-,18-/m0/s1. The molecule has 2 atom stereocenters. The van der Waals surface area contributed by atoms with E-state index in [4.69, 9.17) is 14.2 Å². The summed E-state index contributed by atoms with van der Waals surface area (Å²) in [5, 5.41) is 3.31. The molecule has 23 heavy (non-hydrogen) atoms. The molecule has 0 aromatic heterocycles. The number of benzene rings is 2. The first-order valence-corrected chi connectivity index (χ1v) is 7.65. The van der Waals surface area contributed by atoms with Gasteiger partial charge in [-0.25, -0.2) is 4.39 Å². The van der Waals surface area contributed by atoms with E-state index in [1.54, 1.807) is 6.07 Å². The van der Waals surface area contributed by atoms with Gasteiger partial charge in [-0.05, 0) is 17.7 Å². The monoisotopic (exact) mass is 317 g/mol. The predicted molar refractivity (Wildman–Crippen MR) is 85.4 cm³/mol. The second-order valence-electron chi connectivity index (χ2n) is 5.36. The van der Waals surface area contributed by atoms with Crippen LogP contribution in [0.1, 0.15) is 11.7 Å². The van der Waals surface area contributed by atoms with Crippen LogP contribution < -0.4 is 14.8 Å². The zero-order valence-corrected chi connectivity index (χ0v) is 13.0. The molecular formula is C18H20FNO3. The van der Waals surface area contributed by atoms with Gasteiger partial charge in [-0.2, -0.15) is 0 Å². The minimum absolute atomic E-state index is 0.124. The Labute approximate surface area is 135 Å². The van der Waals surface area contributed by atoms with Gasteiger partial charge in [0.25, 0.3) is 0 Å². The lowest BCUT2D eigenvalue weighted by Crippen LogP contribution is -2.43. The maximum Gasteiger partial charge on any atom is 0.163 e. The van der Waals surface area contributed by atoms with Gasteiger partial charge >= 0.3 is 0 Å². The quantitative estimate of drug-likeness (QED) is 0.920. The third-order valence-electron chi connectivity index (χ3n) is 3.80. The average molecular weight is 317 g/mol. The van der Waals surface area contributed by atoms with Crippen molar-refractivity contribution in [2.75, 3.05) is 26.8 Å². The molecule has 1 aliphatic rings. The van der Waals surface area contributed by atoms with Crippen molar-refractivity contribution in [1.82, 2.24) is 5.32 Å². The molecule has 0 amide bonds. The van der Waals surface area contributed by atoms with Gasteiger partial charge in [0.15, 0.2) is 17.6 Å². The Morgan fingerprint density at radius 1 is 1.17 bits per heavy atom. The summed E-state index contributed by atoms with van der Waals surface area (Å²) in [6, 6.07) is 14.1. The first kappa shape index (κ1) is 15.8. The van der Waals surface area contributed by atoms with Gasteiger partial charge in [0.05, 0.1) is 13.7 Å². The fraction of sp³-hybridized carbons (Fsp3) is 0.333. The van der Waals surface area contributed by atoms with Crippen LogP contribution in [0.2, 0.25) is 0 Å². The SMILES string of the molecule is COc1cc(F)ccc1O[C@@H](c1ccccc1)[C@@H]1CNCCO1. The highest BCUT2D eigenvalue weighted by Gasteiger charge is 2.28. The summed E-state index contributed by atoms with van der Waals surface area (Å²) >= 11 is 0. The Morgan fingerprint density at radius 3 is 2.70 bits per heavy atom. The van der Waals surface area contributed by atoms with Crippen LogP contribution in [0.3, 0.4) is 0 Å². The van der Waals surface area contributed by atoms with Crippen molar-refractivity contribution >= 4 is 0 Å². The molecule has 0 saturated carbocycles. The van der Waals surface area contributed by atoms with Crippen LogP contribution in [0.4, 0.5) is 4.39 Å². The molecule has 0 unspecified atom stereocenters. The summed E-state index contributed by atoms with van der Waals surface area (Å²) < 4.78 is 30.6. The van der Waals surface area contributed by atoms with Crippen molar-refractivity contribution in [1.29, 1.82) is 0 Å². The number of morpholine rings is 1. The lowest BCUT2D eigenvalue weighted by molar-refractivity contribution is -0.0438. The molecule has 1 aliphatic heterocycles. The molecule has 1 fully saturated rings. The molecule has 0 bridgehead atoms. The van der Waals surface area contributed by atoms with Crippen LogP contribution in [-0.2, 0) is 4.74 Å². The normalized spacial score (nSPS) is 19.1. The maximum atomic E-state index is 13.4. The Hall–Kier alpha value is -2.11. The smallest absolute Gasteiger partial charge is 0.163 e. The molecule has 1 heterocycles. The van der Waals surface area contributed by atoms with Crippen molar-refractivity contribution in [3.8, 4) is 11.5 Å². The maximum absolute atomic E-state index is 13.4. The first-order chi connectivity index (χ1) is 11.3. The van der Waals surface area contributed by atoms with Gasteiger partial charge in [-0.1, -0.05) is 30.3 Å². The molecule has 0 aliphatic carbocycles. The van der Waals surface area contributed by atoms with E-state index in [0.29, 0.717) is 24.7 Å². The van der Waals surface area contributed by atoms with Crippen LogP contribution >= 0.6 is 0 Å². The highest BCUT2D eigenvalue weighted by Crippen LogP contribution is 2.34. The van der Waals surface area contributed by atoms with E-state index in [2.05, 4.69) is 5.32 Å². The molecule has 1 N–H and O–H groups in total. The number of ether oxygens (including phenoxy) is 3. The van der Waals surface area contributed by atoms with Crippen molar-refractivity contribution in [3.05, 3.63) is 59.9 Å². The van der Waals surface area contributed by atoms with Gasteiger partial charge in [0.1, 0.15) is 11.9 Å². The van der Waals surface area contributed by atoms with Crippen LogP contribution in [0.25, 0.3) is 0 Å². The van der Waals surface area contributed by atoms with E-state index in [1.165, 1.54) is 19.2 Å². The van der Waals surface area contributed by atoms with Gasteiger partial charge in [-0.15, -0.1) is 0 Å². The molecule has 122 valence electrons. The number of nitrogens with one attached hydrogen (secondary N) is 1. The van der Waals surface area contributed by atoms with Gasteiger partial charge < -0.3 is 19.5 Å². The largest absolute Gasteiger partial charge is 0.493 e. The fourth-order valence-electron chi connectivity index (χ4n) is 2.66. The molecule has 0 spiro atoms. The Kier molecular flexibility index (Phi) is 5.10. The van der Waals surface area contributed by atoms with Crippen molar-refractivity contribution in [3.63, 3.8) is 0 Å². The molecule has 3 rings (SSSR count). The number of hydrogen-bond donors (Lipinski definition) is 1. The summed E-state index contributed by atoms with van der Waals surface area (Å²) in [4.78, 5) is 0. The molecule has 2 aromatic carbocycles. The molecule has 0 radical (unpaired) electrons. The third kappa shape index (κ3) is 3.81. The molecular weight excluding hydrogens is 297 g/mol. The lowest BCUT2D eigenvalue weighted by atomic mass is 10.0. The molecule has 5 heteroatoms. The van der Waals surface area contributed by atoms with E-state index in [0.717, 1.165) is 12.1 Å². The lowest BCUT2D eigenvalue weighted by Gasteiger charge is -2.32. The van der Waals surface area contributed by atoms with Gasteiger partial charge in [0, 0.05) is 19.2 Å². The number of halogens is 1. The second kappa shape index (κ2) is 7.44. The second-order valence-corrected chi connectivity index (χ2v) is 5.36. The molecule has 2 aromatic rings. The fourth-order valence-corrected chi connectivity index (χ4v) is 2.66. The Morgan fingerprint density at radius 2 is 2.00 bits per heavy atom.